The smallest absolute Gasteiger partial charge is 0.233 e. The van der Waals surface area contributed by atoms with E-state index in [0.717, 1.165) is 26.2 Å². The maximum Gasteiger partial charge on any atom is 0.233 e. The Morgan fingerprint density at radius 3 is 2.25 bits per heavy atom. The Labute approximate surface area is 155 Å². The van der Waals surface area contributed by atoms with Crippen LogP contribution in [0.4, 0.5) is 5.69 Å². The molecule has 1 aromatic carbocycles. The number of piperazine rings is 1. The second-order valence-corrected chi connectivity index (χ2v) is 5.36. The molecule has 0 atom stereocenters. The number of carbonyl (C=O) groups is 2. The molecule has 0 saturated carbocycles. The number of hydrogen-bond acceptors (Lipinski definition) is 4. The normalized spacial score (nSPS) is 13.5. The molecule has 2 rings (SSSR count). The largest absolute Gasteiger partial charge is 0.368 e. The van der Waals surface area contributed by atoms with E-state index < -0.39 is 0 Å². The highest BCUT2D eigenvalue weighted by Gasteiger charge is 2.20. The number of para-hydroxylation sites is 1. The van der Waals surface area contributed by atoms with Crippen LogP contribution in [-0.2, 0) is 9.59 Å². The molecule has 1 aliphatic rings. The third kappa shape index (κ3) is 6.95. The third-order valence-corrected chi connectivity index (χ3v) is 3.83. The van der Waals surface area contributed by atoms with Crippen LogP contribution in [0, 0.1) is 0 Å². The van der Waals surface area contributed by atoms with E-state index in [4.69, 9.17) is 5.73 Å². The zero-order valence-electron chi connectivity index (χ0n) is 13.6. The highest BCUT2D eigenvalue weighted by Crippen LogP contribution is 2.15. The molecule has 3 N–H and O–H groups in total. The standard InChI is InChI=1S/C16H24N4O2.2ClH/c17-13-15(21)18-8-4-7-16(22)20-11-9-19(10-12-20)14-5-2-1-3-6-14;;/h1-3,5-6H,4,7-13,17H2,(H,18,21);2*1H. The molecule has 0 bridgehead atoms. The van der Waals surface area contributed by atoms with Crippen LogP contribution in [-0.4, -0.2) is 56.0 Å². The van der Waals surface area contributed by atoms with Gasteiger partial charge in [-0.25, -0.2) is 0 Å². The molecule has 1 aliphatic heterocycles. The van der Waals surface area contributed by atoms with E-state index in [1.165, 1.54) is 5.69 Å². The van der Waals surface area contributed by atoms with Crippen molar-refractivity contribution in [2.45, 2.75) is 12.8 Å². The summed E-state index contributed by atoms with van der Waals surface area (Å²) < 4.78 is 0. The van der Waals surface area contributed by atoms with Gasteiger partial charge in [0.2, 0.25) is 11.8 Å². The molecule has 1 heterocycles. The van der Waals surface area contributed by atoms with Crippen molar-refractivity contribution < 1.29 is 9.59 Å². The maximum absolute atomic E-state index is 12.1. The Morgan fingerprint density at radius 2 is 1.67 bits per heavy atom. The number of nitrogens with two attached hydrogens (primary N) is 1. The van der Waals surface area contributed by atoms with Crippen LogP contribution in [0.5, 0.6) is 0 Å². The zero-order chi connectivity index (χ0) is 15.8. The fourth-order valence-corrected chi connectivity index (χ4v) is 2.55. The number of carbonyl (C=O) groups excluding carboxylic acids is 2. The number of rotatable bonds is 6. The lowest BCUT2D eigenvalue weighted by atomic mass is 10.2. The topological polar surface area (TPSA) is 78.7 Å². The van der Waals surface area contributed by atoms with Crippen LogP contribution < -0.4 is 16.0 Å². The molecule has 0 unspecified atom stereocenters. The summed E-state index contributed by atoms with van der Waals surface area (Å²) in [7, 11) is 0. The molecule has 24 heavy (non-hydrogen) atoms. The zero-order valence-corrected chi connectivity index (χ0v) is 15.3. The van der Waals surface area contributed by atoms with E-state index in [1.807, 2.05) is 23.1 Å². The fourth-order valence-electron chi connectivity index (χ4n) is 2.55. The molecule has 8 heteroatoms. The van der Waals surface area contributed by atoms with E-state index in [0.29, 0.717) is 19.4 Å². The number of nitrogens with zero attached hydrogens (tertiary/aromatic N) is 2. The van der Waals surface area contributed by atoms with Crippen molar-refractivity contribution in [2.75, 3.05) is 44.2 Å². The molecular weight excluding hydrogens is 351 g/mol. The van der Waals surface area contributed by atoms with Gasteiger partial charge in [-0.05, 0) is 18.6 Å². The second kappa shape index (κ2) is 11.9. The maximum atomic E-state index is 12.1. The van der Waals surface area contributed by atoms with Gasteiger partial charge in [0.1, 0.15) is 0 Å². The van der Waals surface area contributed by atoms with E-state index in [2.05, 4.69) is 22.3 Å². The van der Waals surface area contributed by atoms with Crippen molar-refractivity contribution in [3.05, 3.63) is 30.3 Å². The summed E-state index contributed by atoms with van der Waals surface area (Å²) in [5, 5.41) is 2.68. The number of anilines is 1. The van der Waals surface area contributed by atoms with Crippen LogP contribution in [0.25, 0.3) is 0 Å². The van der Waals surface area contributed by atoms with Crippen LogP contribution in [0.15, 0.2) is 30.3 Å². The fraction of sp³-hybridized carbons (Fsp3) is 0.500. The van der Waals surface area contributed by atoms with Gasteiger partial charge in [-0.1, -0.05) is 18.2 Å². The van der Waals surface area contributed by atoms with Crippen LogP contribution in [0.3, 0.4) is 0 Å². The minimum absolute atomic E-state index is 0. The van der Waals surface area contributed by atoms with Gasteiger partial charge < -0.3 is 20.9 Å². The Kier molecular flexibility index (Phi) is 11.2. The Balaban J connectivity index is 0.00000264. The number of hydrogen-bond donors (Lipinski definition) is 2. The van der Waals surface area contributed by atoms with Crippen molar-refractivity contribution in [1.29, 1.82) is 0 Å². The molecule has 0 aliphatic carbocycles. The first-order valence-electron chi connectivity index (χ1n) is 7.75. The molecule has 0 spiro atoms. The first-order valence-corrected chi connectivity index (χ1v) is 7.75. The van der Waals surface area contributed by atoms with E-state index >= 15 is 0 Å². The van der Waals surface area contributed by atoms with Gasteiger partial charge in [-0.3, -0.25) is 9.59 Å². The van der Waals surface area contributed by atoms with Crippen molar-refractivity contribution in [1.82, 2.24) is 10.2 Å². The van der Waals surface area contributed by atoms with Gasteiger partial charge >= 0.3 is 0 Å². The van der Waals surface area contributed by atoms with Gasteiger partial charge in [0, 0.05) is 44.8 Å². The van der Waals surface area contributed by atoms with E-state index in [1.54, 1.807) is 0 Å². The van der Waals surface area contributed by atoms with Crippen LogP contribution >= 0.6 is 24.8 Å². The van der Waals surface area contributed by atoms with Gasteiger partial charge in [0.05, 0.1) is 6.54 Å². The van der Waals surface area contributed by atoms with Crippen molar-refractivity contribution in [3.8, 4) is 0 Å². The molecule has 1 fully saturated rings. The molecule has 6 nitrogen and oxygen atoms in total. The third-order valence-electron chi connectivity index (χ3n) is 3.83. The number of halogens is 2. The minimum Gasteiger partial charge on any atom is -0.368 e. The summed E-state index contributed by atoms with van der Waals surface area (Å²) in [4.78, 5) is 27.3. The molecular formula is C16H26Cl2N4O2. The summed E-state index contributed by atoms with van der Waals surface area (Å²) in [6.45, 7) is 3.73. The van der Waals surface area contributed by atoms with Crippen LogP contribution in [0.2, 0.25) is 0 Å². The Morgan fingerprint density at radius 1 is 1.04 bits per heavy atom. The number of benzene rings is 1. The lowest BCUT2D eigenvalue weighted by Crippen LogP contribution is -2.48. The molecule has 136 valence electrons. The first kappa shape index (κ1) is 22.5. The summed E-state index contributed by atoms with van der Waals surface area (Å²) in [6.07, 6.45) is 1.12. The second-order valence-electron chi connectivity index (χ2n) is 5.36. The highest BCUT2D eigenvalue weighted by molar-refractivity contribution is 5.85. The minimum atomic E-state index is -0.177. The van der Waals surface area contributed by atoms with Gasteiger partial charge in [-0.2, -0.15) is 0 Å². The highest BCUT2D eigenvalue weighted by atomic mass is 35.5. The van der Waals surface area contributed by atoms with E-state index in [9.17, 15) is 9.59 Å². The summed E-state index contributed by atoms with van der Waals surface area (Å²) >= 11 is 0. The van der Waals surface area contributed by atoms with Crippen molar-refractivity contribution >= 4 is 42.3 Å². The number of amides is 2. The lowest BCUT2D eigenvalue weighted by molar-refractivity contribution is -0.131. The Hall–Kier alpha value is -1.50. The predicted molar refractivity (Wildman–Crippen MR) is 101 cm³/mol. The average molecular weight is 377 g/mol. The van der Waals surface area contributed by atoms with Crippen LogP contribution in [0.1, 0.15) is 12.8 Å². The van der Waals surface area contributed by atoms with Gasteiger partial charge in [0.15, 0.2) is 0 Å². The van der Waals surface area contributed by atoms with Crippen molar-refractivity contribution in [2.24, 2.45) is 5.73 Å². The van der Waals surface area contributed by atoms with Gasteiger partial charge in [0.25, 0.3) is 0 Å². The Bertz CT molecular complexity index is 494. The summed E-state index contributed by atoms with van der Waals surface area (Å²) in [6, 6.07) is 10.3. The molecule has 2 amide bonds. The predicted octanol–water partition coefficient (Wildman–Crippen LogP) is 1.03. The lowest BCUT2D eigenvalue weighted by Gasteiger charge is -2.36. The molecule has 1 saturated heterocycles. The number of nitrogens with one attached hydrogen (secondary N) is 1. The monoisotopic (exact) mass is 376 g/mol. The molecule has 0 aromatic heterocycles. The van der Waals surface area contributed by atoms with E-state index in [-0.39, 0.29) is 43.2 Å². The first-order chi connectivity index (χ1) is 10.7. The summed E-state index contributed by atoms with van der Waals surface area (Å²) in [5.74, 6) is -0.0152. The van der Waals surface area contributed by atoms with Crippen molar-refractivity contribution in [3.63, 3.8) is 0 Å². The quantitative estimate of drug-likeness (QED) is 0.726. The molecule has 0 radical (unpaired) electrons. The molecule has 1 aromatic rings. The summed E-state index contributed by atoms with van der Waals surface area (Å²) in [5.41, 5.74) is 6.41. The van der Waals surface area contributed by atoms with Gasteiger partial charge in [-0.15, -0.1) is 24.8 Å². The average Bonchev–Trinajstić information content (AvgIpc) is 2.59. The SMILES string of the molecule is Cl.Cl.NCC(=O)NCCCC(=O)N1CCN(c2ccccc2)CC1.